The third-order valence-corrected chi connectivity index (χ3v) is 6.34. The Balaban J connectivity index is 0.000000216. The minimum Gasteiger partial charge on any atom is -0.385 e. The molecule has 0 aliphatic heterocycles. The Bertz CT molecular complexity index is 1260. The third-order valence-electron chi connectivity index (χ3n) is 6.34. The van der Waals surface area contributed by atoms with Gasteiger partial charge >= 0.3 is 0 Å². The number of carbonyl (C=O) groups excluding carboxylic acids is 2. The summed E-state index contributed by atoms with van der Waals surface area (Å²) in [6, 6.07) is 32.4. The van der Waals surface area contributed by atoms with Crippen LogP contribution >= 0.6 is 0 Å². The molecule has 5 heteroatoms. The molecule has 0 atom stereocenters. The Hall–Kier alpha value is -4.38. The van der Waals surface area contributed by atoms with E-state index in [0.717, 1.165) is 54.4 Å². The van der Waals surface area contributed by atoms with Crippen molar-refractivity contribution < 1.29 is 9.59 Å². The van der Waals surface area contributed by atoms with Crippen LogP contribution in [0, 0.1) is 0 Å². The Morgan fingerprint density at radius 2 is 0.974 bits per heavy atom. The first-order chi connectivity index (χ1) is 19.0. The van der Waals surface area contributed by atoms with Crippen LogP contribution in [0.4, 0.5) is 17.1 Å². The van der Waals surface area contributed by atoms with Crippen LogP contribution in [0.2, 0.25) is 0 Å². The van der Waals surface area contributed by atoms with Crippen molar-refractivity contribution in [3.05, 3.63) is 125 Å². The van der Waals surface area contributed by atoms with Gasteiger partial charge in [0.15, 0.2) is 11.6 Å². The Kier molecular flexibility index (Phi) is 11.3. The van der Waals surface area contributed by atoms with Gasteiger partial charge in [0.2, 0.25) is 0 Å². The number of benzene rings is 4. The van der Waals surface area contributed by atoms with Crippen molar-refractivity contribution in [3.63, 3.8) is 0 Å². The second-order valence-electron chi connectivity index (χ2n) is 8.93. The van der Waals surface area contributed by atoms with E-state index in [2.05, 4.69) is 29.4 Å². The molecule has 0 unspecified atom stereocenters. The molecule has 4 rings (SSSR count). The summed E-state index contributed by atoms with van der Waals surface area (Å²) in [6.07, 6.45) is 0. The van der Waals surface area contributed by atoms with E-state index in [9.17, 15) is 9.59 Å². The maximum absolute atomic E-state index is 12.6. The van der Waals surface area contributed by atoms with Crippen LogP contribution in [0.5, 0.6) is 0 Å². The first-order valence-electron chi connectivity index (χ1n) is 13.7. The summed E-state index contributed by atoms with van der Waals surface area (Å²) in [4.78, 5) is 27.1. The minimum atomic E-state index is 0.0519. The number of nitrogens with zero attached hydrogens (tertiary/aromatic N) is 1. The van der Waals surface area contributed by atoms with Gasteiger partial charge in [-0.1, -0.05) is 42.5 Å². The molecule has 0 spiro atoms. The maximum Gasteiger partial charge on any atom is 0.195 e. The Morgan fingerprint density at radius 3 is 1.44 bits per heavy atom. The standard InChI is InChI=1S/C17H20N2O.C17H19NO/c1-3-18-15-9-5-13(6-10-15)17(20)14-7-11-16(12-8-14)19-4-2;1-3-18(4-2)16-13-9-8-12-15(16)17(19)14-10-6-5-7-11-14/h5-12,18-19H,3-4H2,1-2H3;5-13H,3-4H2,1-2H3. The molecular formula is C34H39N3O2. The molecule has 0 aliphatic carbocycles. The van der Waals surface area contributed by atoms with Crippen molar-refractivity contribution in [2.75, 3.05) is 41.7 Å². The van der Waals surface area contributed by atoms with E-state index in [1.54, 1.807) is 0 Å². The molecule has 0 fully saturated rings. The highest BCUT2D eigenvalue weighted by molar-refractivity contribution is 6.12. The van der Waals surface area contributed by atoms with Crippen LogP contribution < -0.4 is 15.5 Å². The van der Waals surface area contributed by atoms with Crippen molar-refractivity contribution >= 4 is 28.6 Å². The average Bonchev–Trinajstić information content (AvgIpc) is 2.99. The summed E-state index contributed by atoms with van der Waals surface area (Å²) < 4.78 is 0. The van der Waals surface area contributed by atoms with Gasteiger partial charge in [0.1, 0.15) is 0 Å². The van der Waals surface area contributed by atoms with Gasteiger partial charge in [-0.3, -0.25) is 9.59 Å². The number of anilines is 3. The summed E-state index contributed by atoms with van der Waals surface area (Å²) in [5.41, 5.74) is 6.02. The predicted molar refractivity (Wildman–Crippen MR) is 165 cm³/mol. The van der Waals surface area contributed by atoms with Crippen LogP contribution in [-0.2, 0) is 0 Å². The summed E-state index contributed by atoms with van der Waals surface area (Å²) >= 11 is 0. The fraction of sp³-hybridized carbons (Fsp3) is 0.235. The molecule has 202 valence electrons. The van der Waals surface area contributed by atoms with Crippen molar-refractivity contribution in [2.45, 2.75) is 27.7 Å². The average molecular weight is 522 g/mol. The smallest absolute Gasteiger partial charge is 0.195 e. The SMILES string of the molecule is CCN(CC)c1ccccc1C(=O)c1ccccc1.CCNc1ccc(C(=O)c2ccc(NCC)cc2)cc1. The molecule has 4 aromatic rings. The van der Waals surface area contributed by atoms with Gasteiger partial charge in [-0.05, 0) is 88.4 Å². The van der Waals surface area contributed by atoms with Gasteiger partial charge in [0, 0.05) is 65.5 Å². The number of ketones is 2. The van der Waals surface area contributed by atoms with Gasteiger partial charge in [-0.15, -0.1) is 0 Å². The van der Waals surface area contributed by atoms with Crippen LogP contribution in [0.25, 0.3) is 0 Å². The molecule has 0 heterocycles. The van der Waals surface area contributed by atoms with Gasteiger partial charge in [-0.25, -0.2) is 0 Å². The molecule has 0 saturated carbocycles. The molecule has 39 heavy (non-hydrogen) atoms. The highest BCUT2D eigenvalue weighted by Gasteiger charge is 2.15. The third kappa shape index (κ3) is 8.05. The maximum atomic E-state index is 12.6. The van der Waals surface area contributed by atoms with E-state index in [4.69, 9.17) is 0 Å². The van der Waals surface area contributed by atoms with Crippen molar-refractivity contribution in [3.8, 4) is 0 Å². The fourth-order valence-corrected chi connectivity index (χ4v) is 4.30. The molecule has 0 radical (unpaired) electrons. The zero-order chi connectivity index (χ0) is 28.0. The molecule has 0 aromatic heterocycles. The van der Waals surface area contributed by atoms with E-state index >= 15 is 0 Å². The number of hydrogen-bond donors (Lipinski definition) is 2. The van der Waals surface area contributed by atoms with E-state index in [1.807, 2.05) is 117 Å². The van der Waals surface area contributed by atoms with E-state index in [1.165, 1.54) is 0 Å². The first-order valence-corrected chi connectivity index (χ1v) is 13.7. The highest BCUT2D eigenvalue weighted by Crippen LogP contribution is 2.23. The lowest BCUT2D eigenvalue weighted by Crippen LogP contribution is -2.24. The predicted octanol–water partition coefficient (Wildman–Crippen LogP) is 7.55. The lowest BCUT2D eigenvalue weighted by atomic mass is 10.0. The molecule has 0 aliphatic rings. The number of nitrogens with one attached hydrogen (secondary N) is 2. The van der Waals surface area contributed by atoms with Gasteiger partial charge in [-0.2, -0.15) is 0 Å². The molecule has 0 saturated heterocycles. The van der Waals surface area contributed by atoms with Crippen LogP contribution in [0.3, 0.4) is 0 Å². The van der Waals surface area contributed by atoms with E-state index in [-0.39, 0.29) is 11.6 Å². The van der Waals surface area contributed by atoms with Crippen molar-refractivity contribution in [1.82, 2.24) is 0 Å². The number of carbonyl (C=O) groups is 2. The van der Waals surface area contributed by atoms with Gasteiger partial charge in [0.25, 0.3) is 0 Å². The summed E-state index contributed by atoms with van der Waals surface area (Å²) in [6.45, 7) is 11.8. The fourth-order valence-electron chi connectivity index (χ4n) is 4.30. The molecule has 5 nitrogen and oxygen atoms in total. The minimum absolute atomic E-state index is 0.0519. The molecule has 2 N–H and O–H groups in total. The zero-order valence-electron chi connectivity index (χ0n) is 23.4. The van der Waals surface area contributed by atoms with Crippen molar-refractivity contribution in [1.29, 1.82) is 0 Å². The number of para-hydroxylation sites is 1. The van der Waals surface area contributed by atoms with Crippen LogP contribution in [-0.4, -0.2) is 37.7 Å². The van der Waals surface area contributed by atoms with Crippen molar-refractivity contribution in [2.24, 2.45) is 0 Å². The normalized spacial score (nSPS) is 10.2. The molecule has 4 aromatic carbocycles. The Morgan fingerprint density at radius 1 is 0.538 bits per heavy atom. The molecule has 0 amide bonds. The largest absolute Gasteiger partial charge is 0.385 e. The first kappa shape index (κ1) is 29.2. The topological polar surface area (TPSA) is 61.4 Å². The quantitative estimate of drug-likeness (QED) is 0.200. The zero-order valence-corrected chi connectivity index (χ0v) is 23.4. The summed E-state index contributed by atoms with van der Waals surface area (Å²) in [5.74, 6) is 0.138. The molecule has 0 bridgehead atoms. The van der Waals surface area contributed by atoms with Gasteiger partial charge in [0.05, 0.1) is 0 Å². The summed E-state index contributed by atoms with van der Waals surface area (Å²) in [7, 11) is 0. The second-order valence-corrected chi connectivity index (χ2v) is 8.93. The van der Waals surface area contributed by atoms with Crippen LogP contribution in [0.15, 0.2) is 103 Å². The summed E-state index contributed by atoms with van der Waals surface area (Å²) in [5, 5.41) is 6.43. The monoisotopic (exact) mass is 521 g/mol. The lowest BCUT2D eigenvalue weighted by Gasteiger charge is -2.23. The van der Waals surface area contributed by atoms with Crippen LogP contribution in [0.1, 0.15) is 59.5 Å². The van der Waals surface area contributed by atoms with E-state index in [0.29, 0.717) is 11.1 Å². The highest BCUT2D eigenvalue weighted by atomic mass is 16.1. The molecular weight excluding hydrogens is 482 g/mol. The second kappa shape index (κ2) is 15.1. The number of rotatable bonds is 11. The van der Waals surface area contributed by atoms with E-state index < -0.39 is 0 Å². The number of hydrogen-bond acceptors (Lipinski definition) is 5. The Labute approximate surface area is 232 Å². The lowest BCUT2D eigenvalue weighted by molar-refractivity contribution is 0.103. The van der Waals surface area contributed by atoms with Gasteiger partial charge < -0.3 is 15.5 Å².